The van der Waals surface area contributed by atoms with E-state index < -0.39 is 0 Å². The van der Waals surface area contributed by atoms with Crippen molar-refractivity contribution in [3.8, 4) is 21.8 Å². The summed E-state index contributed by atoms with van der Waals surface area (Å²) in [5.41, 5.74) is 2.41. The molecule has 0 aliphatic heterocycles. The van der Waals surface area contributed by atoms with Crippen molar-refractivity contribution in [3.05, 3.63) is 62.6 Å². The van der Waals surface area contributed by atoms with Gasteiger partial charge in [-0.15, -0.1) is 11.3 Å². The van der Waals surface area contributed by atoms with Crippen molar-refractivity contribution in [2.75, 3.05) is 0 Å². The molecule has 0 radical (unpaired) electrons. The highest BCUT2D eigenvalue weighted by Gasteiger charge is 2.11. The van der Waals surface area contributed by atoms with Crippen LogP contribution in [0.15, 0.2) is 56.8 Å². The molecular formula is C15H8Br2FNS. The molecule has 100 valence electrons. The van der Waals surface area contributed by atoms with E-state index in [1.165, 1.54) is 17.4 Å². The van der Waals surface area contributed by atoms with Crippen LogP contribution in [0.2, 0.25) is 0 Å². The van der Waals surface area contributed by atoms with Crippen molar-refractivity contribution >= 4 is 43.2 Å². The van der Waals surface area contributed by atoms with Crippen molar-refractivity contribution in [3.63, 3.8) is 0 Å². The first-order valence-corrected chi connectivity index (χ1v) is 8.27. The normalized spacial score (nSPS) is 10.8. The fourth-order valence-electron chi connectivity index (χ4n) is 1.81. The quantitative estimate of drug-likeness (QED) is 0.492. The van der Waals surface area contributed by atoms with Gasteiger partial charge in [-0.1, -0.05) is 44.0 Å². The molecule has 3 aromatic rings. The first kappa shape index (κ1) is 13.9. The van der Waals surface area contributed by atoms with E-state index in [-0.39, 0.29) is 5.82 Å². The number of nitrogens with zero attached hydrogens (tertiary/aromatic N) is 1. The number of halogens is 3. The van der Waals surface area contributed by atoms with Gasteiger partial charge in [0, 0.05) is 25.5 Å². The topological polar surface area (TPSA) is 12.9 Å². The van der Waals surface area contributed by atoms with Crippen LogP contribution in [0.5, 0.6) is 0 Å². The number of hydrogen-bond donors (Lipinski definition) is 0. The predicted octanol–water partition coefficient (Wildman–Crippen LogP) is 6.14. The highest BCUT2D eigenvalue weighted by Crippen LogP contribution is 2.31. The summed E-state index contributed by atoms with van der Waals surface area (Å²) >= 11 is 8.10. The molecule has 0 spiro atoms. The van der Waals surface area contributed by atoms with Gasteiger partial charge in [-0.05, 0) is 30.3 Å². The zero-order valence-corrected chi connectivity index (χ0v) is 14.1. The Balaban J connectivity index is 1.99. The monoisotopic (exact) mass is 411 g/mol. The summed E-state index contributed by atoms with van der Waals surface area (Å²) in [7, 11) is 0. The Morgan fingerprint density at radius 2 is 1.65 bits per heavy atom. The molecule has 1 aromatic heterocycles. The number of rotatable bonds is 2. The van der Waals surface area contributed by atoms with Crippen molar-refractivity contribution in [1.29, 1.82) is 0 Å². The third kappa shape index (κ3) is 2.85. The minimum absolute atomic E-state index is 0.268. The molecule has 20 heavy (non-hydrogen) atoms. The average Bonchev–Trinajstić information content (AvgIpc) is 2.89. The molecule has 5 heteroatoms. The molecule has 3 rings (SSSR count). The van der Waals surface area contributed by atoms with Crippen LogP contribution in [0, 0.1) is 5.82 Å². The fourth-order valence-corrected chi connectivity index (χ4v) is 3.27. The minimum atomic E-state index is -0.268. The lowest BCUT2D eigenvalue weighted by Crippen LogP contribution is -1.84. The van der Waals surface area contributed by atoms with Gasteiger partial charge in [-0.2, -0.15) is 0 Å². The first-order valence-electron chi connectivity index (χ1n) is 5.80. The Labute approximate surface area is 136 Å². The van der Waals surface area contributed by atoms with Crippen LogP contribution in [-0.2, 0) is 0 Å². The second-order valence-electron chi connectivity index (χ2n) is 4.17. The maximum Gasteiger partial charge on any atom is 0.134 e. The van der Waals surface area contributed by atoms with Gasteiger partial charge in [0.2, 0.25) is 0 Å². The maximum atomic E-state index is 13.9. The summed E-state index contributed by atoms with van der Waals surface area (Å²) in [6.45, 7) is 0. The second kappa shape index (κ2) is 5.76. The van der Waals surface area contributed by atoms with Crippen LogP contribution in [0.1, 0.15) is 0 Å². The van der Waals surface area contributed by atoms with Gasteiger partial charge in [0.25, 0.3) is 0 Å². The van der Waals surface area contributed by atoms with Crippen LogP contribution in [-0.4, -0.2) is 4.98 Å². The third-order valence-electron chi connectivity index (χ3n) is 2.81. The lowest BCUT2D eigenvalue weighted by Gasteiger charge is -2.00. The van der Waals surface area contributed by atoms with E-state index in [9.17, 15) is 4.39 Å². The number of hydrogen-bond acceptors (Lipinski definition) is 2. The molecule has 0 unspecified atom stereocenters. The first-order chi connectivity index (χ1) is 9.63. The van der Waals surface area contributed by atoms with E-state index in [2.05, 4.69) is 36.8 Å². The van der Waals surface area contributed by atoms with E-state index in [1.807, 2.05) is 35.7 Å². The summed E-state index contributed by atoms with van der Waals surface area (Å²) in [5, 5.41) is 2.63. The van der Waals surface area contributed by atoms with E-state index >= 15 is 0 Å². The highest BCUT2D eigenvalue weighted by atomic mass is 79.9. The summed E-state index contributed by atoms with van der Waals surface area (Å²) in [5.74, 6) is -0.268. The second-order valence-corrected chi connectivity index (χ2v) is 6.86. The maximum absolute atomic E-state index is 13.9. The lowest BCUT2D eigenvalue weighted by molar-refractivity contribution is 0.630. The van der Waals surface area contributed by atoms with Crippen LogP contribution in [0.4, 0.5) is 4.39 Å². The molecule has 0 aliphatic carbocycles. The molecule has 0 atom stereocenters. The Morgan fingerprint density at radius 3 is 2.35 bits per heavy atom. The van der Waals surface area contributed by atoms with E-state index in [1.54, 1.807) is 6.07 Å². The fraction of sp³-hybridized carbons (Fsp3) is 0. The van der Waals surface area contributed by atoms with Crippen LogP contribution >= 0.6 is 43.2 Å². The Kier molecular flexibility index (Phi) is 4.01. The number of thiazole rings is 1. The molecule has 2 aromatic carbocycles. The summed E-state index contributed by atoms with van der Waals surface area (Å²) in [6, 6.07) is 12.9. The number of aromatic nitrogens is 1. The van der Waals surface area contributed by atoms with Gasteiger partial charge in [0.05, 0.1) is 5.69 Å². The Bertz CT molecular complexity index is 753. The van der Waals surface area contributed by atoms with Gasteiger partial charge >= 0.3 is 0 Å². The summed E-state index contributed by atoms with van der Waals surface area (Å²) in [6.07, 6.45) is 0. The Hall–Kier alpha value is -1.04. The largest absolute Gasteiger partial charge is 0.236 e. The van der Waals surface area contributed by atoms with E-state index in [4.69, 9.17) is 0 Å². The van der Waals surface area contributed by atoms with Gasteiger partial charge in [0.1, 0.15) is 10.8 Å². The van der Waals surface area contributed by atoms with Crippen molar-refractivity contribution in [2.24, 2.45) is 0 Å². The third-order valence-corrected chi connectivity index (χ3v) is 4.70. The van der Waals surface area contributed by atoms with Crippen molar-refractivity contribution in [1.82, 2.24) is 4.98 Å². The van der Waals surface area contributed by atoms with E-state index in [0.717, 1.165) is 20.2 Å². The zero-order chi connectivity index (χ0) is 14.1. The van der Waals surface area contributed by atoms with Crippen molar-refractivity contribution in [2.45, 2.75) is 0 Å². The SMILES string of the molecule is Fc1cc(Br)ccc1-c1nc(-c2ccc(Br)cc2)cs1. The van der Waals surface area contributed by atoms with Gasteiger partial charge in [-0.3, -0.25) is 0 Å². The summed E-state index contributed by atoms with van der Waals surface area (Å²) < 4.78 is 15.7. The molecule has 0 bridgehead atoms. The van der Waals surface area contributed by atoms with Crippen LogP contribution in [0.3, 0.4) is 0 Å². The van der Waals surface area contributed by atoms with Gasteiger partial charge in [-0.25, -0.2) is 9.37 Å². The number of benzene rings is 2. The van der Waals surface area contributed by atoms with Crippen LogP contribution in [0.25, 0.3) is 21.8 Å². The minimum Gasteiger partial charge on any atom is -0.236 e. The van der Waals surface area contributed by atoms with Crippen LogP contribution < -0.4 is 0 Å². The van der Waals surface area contributed by atoms with E-state index in [0.29, 0.717) is 10.6 Å². The molecular weight excluding hydrogens is 405 g/mol. The van der Waals surface area contributed by atoms with Gasteiger partial charge < -0.3 is 0 Å². The van der Waals surface area contributed by atoms with Crippen molar-refractivity contribution < 1.29 is 4.39 Å². The lowest BCUT2D eigenvalue weighted by atomic mass is 10.2. The smallest absolute Gasteiger partial charge is 0.134 e. The molecule has 1 heterocycles. The molecule has 1 nitrogen and oxygen atoms in total. The molecule has 0 aliphatic rings. The zero-order valence-electron chi connectivity index (χ0n) is 10.1. The molecule has 0 N–H and O–H groups in total. The Morgan fingerprint density at radius 1 is 0.950 bits per heavy atom. The molecule has 0 saturated carbocycles. The predicted molar refractivity (Wildman–Crippen MR) is 88.3 cm³/mol. The van der Waals surface area contributed by atoms with Gasteiger partial charge in [0.15, 0.2) is 0 Å². The average molecular weight is 413 g/mol. The molecule has 0 saturated heterocycles. The highest BCUT2D eigenvalue weighted by molar-refractivity contribution is 9.10. The molecule has 0 fully saturated rings. The standard InChI is InChI=1S/C15H8Br2FNS/c16-10-3-1-9(2-4-10)14-8-20-15(19-14)12-6-5-11(17)7-13(12)18/h1-8H. The molecule has 0 amide bonds. The summed E-state index contributed by atoms with van der Waals surface area (Å²) in [4.78, 5) is 4.52.